The van der Waals surface area contributed by atoms with E-state index in [0.29, 0.717) is 19.6 Å². The van der Waals surface area contributed by atoms with Gasteiger partial charge in [-0.15, -0.1) is 11.8 Å². The van der Waals surface area contributed by atoms with Gasteiger partial charge in [0.15, 0.2) is 6.61 Å². The predicted molar refractivity (Wildman–Crippen MR) is 256 cm³/mol. The first kappa shape index (κ1) is 51.8. The molecule has 1 saturated carbocycles. The second-order valence-electron chi connectivity index (χ2n) is 18.6. The van der Waals surface area contributed by atoms with Crippen LogP contribution >= 0.6 is 11.8 Å². The standard InChI is InChI=1S/C47H61N9O13S2/c1-71(65,66)55-17-11-31(25-55)41(60)51-24-38(58)54-46-52-33(27-70-46)30-5-2-4-28(22-30)29-10-14-48-36(23-29)47(12-13-47)45(64)50-16-19-68-21-20-67-18-15-49-39(59)26-69-35-7-3-6-32-40(35)44(63)56(43(32)62)34-8-9-37(57)53-42(34)61/h2-7,22,29,31,33-34,36,46,48,52H,8-21,23-27H2,1H3,(H,49,59)(H,50,64)(H,51,60)(H,54,58)(H,53,57,61). The number of nitrogens with one attached hydrogen (secondary N) is 7. The number of sulfonamides is 1. The van der Waals surface area contributed by atoms with E-state index < -0.39 is 63.5 Å². The van der Waals surface area contributed by atoms with E-state index in [9.17, 15) is 46.8 Å². The first-order chi connectivity index (χ1) is 34.1. The second-order valence-corrected chi connectivity index (χ2v) is 21.7. The third kappa shape index (κ3) is 12.6. The van der Waals surface area contributed by atoms with Gasteiger partial charge in [-0.1, -0.05) is 30.3 Å². The molecule has 0 bridgehead atoms. The van der Waals surface area contributed by atoms with Crippen LogP contribution in [0.2, 0.25) is 0 Å². The maximum absolute atomic E-state index is 13.5. The fourth-order valence-corrected chi connectivity index (χ4v) is 11.9. The lowest BCUT2D eigenvalue weighted by Gasteiger charge is -2.35. The van der Waals surface area contributed by atoms with E-state index in [2.05, 4.69) is 61.5 Å². The molecule has 22 nitrogen and oxygen atoms in total. The van der Waals surface area contributed by atoms with Crippen molar-refractivity contribution < 1.29 is 61.0 Å². The number of ether oxygens (including phenoxy) is 3. The summed E-state index contributed by atoms with van der Waals surface area (Å²) in [4.78, 5) is 102. The molecule has 24 heteroatoms. The largest absolute Gasteiger partial charge is 0.483 e. The molecular formula is C47H61N9O13S2. The zero-order valence-corrected chi connectivity index (χ0v) is 41.1. The molecule has 1 aliphatic carbocycles. The SMILES string of the molecule is CS(=O)(=O)N1CCC(C(=O)NCC(=O)NC2NC(c3cccc(C4CCNC(C5(C(=O)NCCOCCOCCNC(=O)COc6cccc7c6C(=O)N(C6CCC(=O)NC6=O)C7=O)CC5)C4)c3)CS2)C1. The van der Waals surface area contributed by atoms with Crippen molar-refractivity contribution in [1.82, 2.24) is 46.4 Å². The minimum Gasteiger partial charge on any atom is -0.483 e. The van der Waals surface area contributed by atoms with Crippen LogP contribution < -0.4 is 42.0 Å². The van der Waals surface area contributed by atoms with Gasteiger partial charge in [-0.25, -0.2) is 12.7 Å². The molecule has 8 rings (SSSR count). The van der Waals surface area contributed by atoms with Crippen LogP contribution in [0.15, 0.2) is 42.5 Å². The lowest BCUT2D eigenvalue weighted by molar-refractivity contribution is -0.136. The third-order valence-electron chi connectivity index (χ3n) is 13.8. The maximum Gasteiger partial charge on any atom is 0.266 e. The summed E-state index contributed by atoms with van der Waals surface area (Å²) in [7, 11) is -3.37. The fraction of sp³-hybridized carbons (Fsp3) is 0.574. The van der Waals surface area contributed by atoms with Crippen LogP contribution in [-0.4, -0.2) is 167 Å². The van der Waals surface area contributed by atoms with Gasteiger partial charge in [-0.05, 0) is 74.2 Å². The van der Waals surface area contributed by atoms with Gasteiger partial charge in [-0.2, -0.15) is 0 Å². The highest BCUT2D eigenvalue weighted by atomic mass is 32.2. The number of amides is 8. The van der Waals surface area contributed by atoms with E-state index in [4.69, 9.17) is 14.2 Å². The molecule has 4 saturated heterocycles. The molecule has 2 aromatic carbocycles. The highest BCUT2D eigenvalue weighted by Crippen LogP contribution is 2.52. The van der Waals surface area contributed by atoms with Crippen molar-refractivity contribution in [3.63, 3.8) is 0 Å². The molecule has 0 spiro atoms. The average molecular weight is 1020 g/mol. The first-order valence-electron chi connectivity index (χ1n) is 24.0. The van der Waals surface area contributed by atoms with Crippen LogP contribution in [0.1, 0.15) is 88.7 Å². The molecule has 0 aromatic heterocycles. The molecule has 2 aromatic rings. The van der Waals surface area contributed by atoms with Crippen molar-refractivity contribution in [3.05, 3.63) is 64.7 Å². The topological polar surface area (TPSA) is 289 Å². The van der Waals surface area contributed by atoms with Gasteiger partial charge in [0.2, 0.25) is 39.6 Å². The molecule has 5 aliphatic heterocycles. The molecule has 71 heavy (non-hydrogen) atoms. The number of imide groups is 2. The summed E-state index contributed by atoms with van der Waals surface area (Å²) in [6.07, 6.45) is 4.94. The van der Waals surface area contributed by atoms with E-state index >= 15 is 0 Å². The monoisotopic (exact) mass is 1020 g/mol. The molecule has 5 fully saturated rings. The van der Waals surface area contributed by atoms with Gasteiger partial charge in [0.05, 0.1) is 61.7 Å². The zero-order valence-electron chi connectivity index (χ0n) is 39.5. The van der Waals surface area contributed by atoms with Crippen LogP contribution in [0, 0.1) is 11.3 Å². The Morgan fingerprint density at radius 2 is 1.62 bits per heavy atom. The van der Waals surface area contributed by atoms with Crippen LogP contribution in [-0.2, 0) is 48.3 Å². The Morgan fingerprint density at radius 3 is 2.35 bits per heavy atom. The Balaban J connectivity index is 0.679. The molecule has 384 valence electrons. The Morgan fingerprint density at radius 1 is 0.873 bits per heavy atom. The van der Waals surface area contributed by atoms with Crippen molar-refractivity contribution in [1.29, 1.82) is 0 Å². The third-order valence-corrected chi connectivity index (χ3v) is 16.2. The highest BCUT2D eigenvalue weighted by molar-refractivity contribution is 8.00. The van der Waals surface area contributed by atoms with Crippen molar-refractivity contribution in [2.24, 2.45) is 11.3 Å². The number of benzene rings is 2. The molecule has 8 amide bonds. The summed E-state index contributed by atoms with van der Waals surface area (Å²) in [5.41, 5.74) is 1.53. The van der Waals surface area contributed by atoms with Crippen molar-refractivity contribution in [2.75, 3.05) is 84.3 Å². The first-order valence-corrected chi connectivity index (χ1v) is 26.9. The number of hydrogen-bond donors (Lipinski definition) is 7. The highest BCUT2D eigenvalue weighted by Gasteiger charge is 2.56. The summed E-state index contributed by atoms with van der Waals surface area (Å²) in [5, 5.41) is 20.6. The van der Waals surface area contributed by atoms with Crippen molar-refractivity contribution >= 4 is 69.0 Å². The number of nitrogens with zero attached hydrogens (tertiary/aromatic N) is 2. The van der Waals surface area contributed by atoms with Gasteiger partial charge in [-0.3, -0.25) is 53.9 Å². The van der Waals surface area contributed by atoms with E-state index in [-0.39, 0.29) is 117 Å². The number of hydrogen-bond acceptors (Lipinski definition) is 16. The van der Waals surface area contributed by atoms with Crippen LogP contribution in [0.5, 0.6) is 5.75 Å². The number of rotatable bonds is 22. The number of carbonyl (C=O) groups is 8. The Hall–Kier alpha value is -5.50. The lowest BCUT2D eigenvalue weighted by Crippen LogP contribution is -2.54. The predicted octanol–water partition coefficient (Wildman–Crippen LogP) is -0.777. The number of carbonyl (C=O) groups excluding carboxylic acids is 8. The minimum absolute atomic E-state index is 0.00474. The number of fused-ring (bicyclic) bond motifs is 1. The van der Waals surface area contributed by atoms with Crippen molar-refractivity contribution in [3.8, 4) is 5.75 Å². The normalized spacial score (nSPS) is 25.1. The molecule has 0 radical (unpaired) electrons. The van der Waals surface area contributed by atoms with Gasteiger partial charge in [0.25, 0.3) is 17.7 Å². The number of piperidine rings is 2. The van der Waals surface area contributed by atoms with Crippen LogP contribution in [0.25, 0.3) is 0 Å². The maximum atomic E-state index is 13.5. The minimum atomic E-state index is -3.37. The summed E-state index contributed by atoms with van der Waals surface area (Å²) in [6.45, 7) is 2.15. The Bertz CT molecular complexity index is 2510. The smallest absolute Gasteiger partial charge is 0.266 e. The quantitative estimate of drug-likeness (QED) is 0.0563. The Labute approximate surface area is 415 Å². The molecule has 5 heterocycles. The van der Waals surface area contributed by atoms with E-state index in [0.717, 1.165) is 54.7 Å². The zero-order chi connectivity index (χ0) is 50.3. The summed E-state index contributed by atoms with van der Waals surface area (Å²) in [5.74, 6) is -3.18. The van der Waals surface area contributed by atoms with Gasteiger partial charge in [0, 0.05) is 50.4 Å². The molecular weight excluding hydrogens is 963 g/mol. The van der Waals surface area contributed by atoms with Gasteiger partial charge < -0.3 is 40.8 Å². The van der Waals surface area contributed by atoms with E-state index in [1.807, 2.05) is 0 Å². The summed E-state index contributed by atoms with van der Waals surface area (Å²) < 4.78 is 41.7. The molecule has 6 unspecified atom stereocenters. The van der Waals surface area contributed by atoms with E-state index in [1.165, 1.54) is 28.1 Å². The van der Waals surface area contributed by atoms with E-state index in [1.54, 1.807) is 11.8 Å². The molecule has 6 aliphatic rings. The number of thioether (sulfide) groups is 1. The second kappa shape index (κ2) is 22.9. The van der Waals surface area contributed by atoms with Crippen molar-refractivity contribution in [2.45, 2.75) is 74.5 Å². The molecule has 6 atom stereocenters. The fourth-order valence-electron chi connectivity index (χ4n) is 9.83. The van der Waals surface area contributed by atoms with Gasteiger partial charge in [0.1, 0.15) is 17.3 Å². The molecule has 7 N–H and O–H groups in total. The van der Waals surface area contributed by atoms with Gasteiger partial charge >= 0.3 is 0 Å². The Kier molecular flexibility index (Phi) is 16.7. The van der Waals surface area contributed by atoms with Crippen LogP contribution in [0.3, 0.4) is 0 Å². The van der Waals surface area contributed by atoms with Crippen LogP contribution in [0.4, 0.5) is 0 Å². The average Bonchev–Trinajstić information content (AvgIpc) is 3.63. The summed E-state index contributed by atoms with van der Waals surface area (Å²) >= 11 is 1.57. The summed E-state index contributed by atoms with van der Waals surface area (Å²) in [6, 6.07) is 11.8. The lowest BCUT2D eigenvalue weighted by atomic mass is 9.79.